The standard InChI is InChI=1S/C14H19N3/c1-9-4-5-10(2)12(6-9)13-8-16-14(17-13)11(3)7-15/h4-6,8,11H,7,15H2,1-3H3,(H,16,17). The smallest absolute Gasteiger partial charge is 0.110 e. The molecule has 1 heterocycles. The molecule has 2 aromatic rings. The number of aromatic nitrogens is 2. The van der Waals surface area contributed by atoms with Gasteiger partial charge in [0.05, 0.1) is 11.9 Å². The normalized spacial score (nSPS) is 12.7. The van der Waals surface area contributed by atoms with Crippen molar-refractivity contribution in [3.63, 3.8) is 0 Å². The second-order valence-electron chi connectivity index (χ2n) is 4.64. The third-order valence-electron chi connectivity index (χ3n) is 3.10. The van der Waals surface area contributed by atoms with Gasteiger partial charge in [0, 0.05) is 18.0 Å². The van der Waals surface area contributed by atoms with Crippen LogP contribution in [-0.2, 0) is 0 Å². The number of aryl methyl sites for hydroxylation is 2. The summed E-state index contributed by atoms with van der Waals surface area (Å²) in [4.78, 5) is 7.76. The summed E-state index contributed by atoms with van der Waals surface area (Å²) in [5, 5.41) is 0. The largest absolute Gasteiger partial charge is 0.342 e. The van der Waals surface area contributed by atoms with Gasteiger partial charge in [-0.1, -0.05) is 24.6 Å². The van der Waals surface area contributed by atoms with E-state index < -0.39 is 0 Å². The van der Waals surface area contributed by atoms with E-state index in [4.69, 9.17) is 5.73 Å². The second-order valence-corrected chi connectivity index (χ2v) is 4.64. The van der Waals surface area contributed by atoms with Crippen molar-refractivity contribution < 1.29 is 0 Å². The number of hydrogen-bond donors (Lipinski definition) is 2. The van der Waals surface area contributed by atoms with Gasteiger partial charge in [-0.05, 0) is 25.5 Å². The van der Waals surface area contributed by atoms with Crippen molar-refractivity contribution in [3.05, 3.63) is 41.3 Å². The van der Waals surface area contributed by atoms with Crippen LogP contribution in [0.3, 0.4) is 0 Å². The van der Waals surface area contributed by atoms with Crippen LogP contribution in [0.1, 0.15) is 29.8 Å². The molecular formula is C14H19N3. The monoisotopic (exact) mass is 229 g/mol. The fraction of sp³-hybridized carbons (Fsp3) is 0.357. The lowest BCUT2D eigenvalue weighted by Crippen LogP contribution is -2.10. The average molecular weight is 229 g/mol. The van der Waals surface area contributed by atoms with E-state index in [9.17, 15) is 0 Å². The highest BCUT2D eigenvalue weighted by atomic mass is 14.9. The number of rotatable bonds is 3. The number of imidazole rings is 1. The van der Waals surface area contributed by atoms with Gasteiger partial charge < -0.3 is 10.7 Å². The molecule has 0 saturated carbocycles. The Morgan fingerprint density at radius 1 is 1.35 bits per heavy atom. The molecular weight excluding hydrogens is 210 g/mol. The van der Waals surface area contributed by atoms with Gasteiger partial charge in [-0.15, -0.1) is 0 Å². The number of nitrogens with zero attached hydrogens (tertiary/aromatic N) is 1. The van der Waals surface area contributed by atoms with E-state index in [1.807, 2.05) is 6.20 Å². The number of nitrogens with two attached hydrogens (primary N) is 1. The molecule has 1 atom stereocenters. The minimum Gasteiger partial charge on any atom is -0.342 e. The maximum atomic E-state index is 5.65. The van der Waals surface area contributed by atoms with E-state index in [1.54, 1.807) is 0 Å². The third kappa shape index (κ3) is 2.39. The molecule has 3 N–H and O–H groups in total. The Labute approximate surface area is 102 Å². The molecule has 3 nitrogen and oxygen atoms in total. The molecule has 0 fully saturated rings. The van der Waals surface area contributed by atoms with E-state index in [-0.39, 0.29) is 5.92 Å². The molecule has 3 heteroatoms. The lowest BCUT2D eigenvalue weighted by atomic mass is 10.0. The van der Waals surface area contributed by atoms with Crippen LogP contribution in [0.2, 0.25) is 0 Å². The SMILES string of the molecule is Cc1ccc(C)c(-c2cnc(C(C)CN)[nH]2)c1. The summed E-state index contributed by atoms with van der Waals surface area (Å²) in [6, 6.07) is 6.44. The Hall–Kier alpha value is -1.61. The number of hydrogen-bond acceptors (Lipinski definition) is 2. The van der Waals surface area contributed by atoms with E-state index >= 15 is 0 Å². The lowest BCUT2D eigenvalue weighted by molar-refractivity contribution is 0.725. The maximum absolute atomic E-state index is 5.65. The summed E-state index contributed by atoms with van der Waals surface area (Å²) in [5.41, 5.74) is 10.4. The minimum absolute atomic E-state index is 0.272. The fourth-order valence-electron chi connectivity index (χ4n) is 1.86. The van der Waals surface area contributed by atoms with Crippen LogP contribution in [0.25, 0.3) is 11.3 Å². The first-order valence-electron chi connectivity index (χ1n) is 5.94. The molecule has 1 aromatic carbocycles. The van der Waals surface area contributed by atoms with Crippen LogP contribution >= 0.6 is 0 Å². The Morgan fingerprint density at radius 2 is 2.12 bits per heavy atom. The number of nitrogens with one attached hydrogen (secondary N) is 1. The van der Waals surface area contributed by atoms with Crippen LogP contribution in [-0.4, -0.2) is 16.5 Å². The first-order valence-corrected chi connectivity index (χ1v) is 5.94. The van der Waals surface area contributed by atoms with Gasteiger partial charge in [0.15, 0.2) is 0 Å². The van der Waals surface area contributed by atoms with Gasteiger partial charge in [0.1, 0.15) is 5.82 Å². The Morgan fingerprint density at radius 3 is 2.82 bits per heavy atom. The summed E-state index contributed by atoms with van der Waals surface area (Å²) < 4.78 is 0. The van der Waals surface area contributed by atoms with Gasteiger partial charge >= 0.3 is 0 Å². The van der Waals surface area contributed by atoms with E-state index in [1.165, 1.54) is 16.7 Å². The molecule has 0 aliphatic heterocycles. The molecule has 0 amide bonds. The summed E-state index contributed by atoms with van der Waals surface area (Å²) in [5.74, 6) is 1.23. The predicted molar refractivity (Wildman–Crippen MR) is 71.0 cm³/mol. The fourth-order valence-corrected chi connectivity index (χ4v) is 1.86. The van der Waals surface area contributed by atoms with Crippen molar-refractivity contribution in [2.45, 2.75) is 26.7 Å². The molecule has 90 valence electrons. The summed E-state index contributed by atoms with van der Waals surface area (Å²) >= 11 is 0. The zero-order valence-corrected chi connectivity index (χ0v) is 10.6. The van der Waals surface area contributed by atoms with Gasteiger partial charge in [-0.3, -0.25) is 0 Å². The van der Waals surface area contributed by atoms with E-state index in [0.29, 0.717) is 6.54 Å². The van der Waals surface area contributed by atoms with Gasteiger partial charge in [0.25, 0.3) is 0 Å². The molecule has 1 aromatic heterocycles. The Bertz CT molecular complexity index is 514. The van der Waals surface area contributed by atoms with Crippen molar-refractivity contribution in [3.8, 4) is 11.3 Å². The number of aromatic amines is 1. The third-order valence-corrected chi connectivity index (χ3v) is 3.10. The van der Waals surface area contributed by atoms with Crippen LogP contribution < -0.4 is 5.73 Å². The van der Waals surface area contributed by atoms with E-state index in [2.05, 4.69) is 48.9 Å². The molecule has 17 heavy (non-hydrogen) atoms. The van der Waals surface area contributed by atoms with Crippen molar-refractivity contribution in [1.82, 2.24) is 9.97 Å². The molecule has 0 saturated heterocycles. The van der Waals surface area contributed by atoms with Crippen LogP contribution in [0, 0.1) is 13.8 Å². The zero-order valence-electron chi connectivity index (χ0n) is 10.6. The number of H-pyrrole nitrogens is 1. The summed E-state index contributed by atoms with van der Waals surface area (Å²) in [7, 11) is 0. The van der Waals surface area contributed by atoms with Crippen molar-refractivity contribution >= 4 is 0 Å². The Kier molecular flexibility index (Phi) is 3.29. The highest BCUT2D eigenvalue weighted by molar-refractivity contribution is 5.63. The van der Waals surface area contributed by atoms with Crippen molar-refractivity contribution in [2.24, 2.45) is 5.73 Å². The molecule has 2 rings (SSSR count). The van der Waals surface area contributed by atoms with Crippen LogP contribution in [0.4, 0.5) is 0 Å². The first kappa shape index (κ1) is 11.9. The number of benzene rings is 1. The second kappa shape index (κ2) is 4.72. The molecule has 0 spiro atoms. The highest BCUT2D eigenvalue weighted by Crippen LogP contribution is 2.24. The average Bonchev–Trinajstić information content (AvgIpc) is 2.80. The highest BCUT2D eigenvalue weighted by Gasteiger charge is 2.10. The Balaban J connectivity index is 2.40. The summed E-state index contributed by atoms with van der Waals surface area (Å²) in [6.45, 7) is 6.90. The molecule has 0 aliphatic carbocycles. The van der Waals surface area contributed by atoms with Gasteiger partial charge in [0.2, 0.25) is 0 Å². The van der Waals surface area contributed by atoms with Crippen LogP contribution in [0.15, 0.2) is 24.4 Å². The lowest BCUT2D eigenvalue weighted by Gasteiger charge is -2.06. The predicted octanol–water partition coefficient (Wildman–Crippen LogP) is 2.76. The quantitative estimate of drug-likeness (QED) is 0.850. The van der Waals surface area contributed by atoms with Crippen molar-refractivity contribution in [2.75, 3.05) is 6.54 Å². The molecule has 0 aliphatic rings. The van der Waals surface area contributed by atoms with Gasteiger partial charge in [-0.25, -0.2) is 4.98 Å². The first-order chi connectivity index (χ1) is 8.11. The maximum Gasteiger partial charge on any atom is 0.110 e. The molecule has 0 bridgehead atoms. The van der Waals surface area contributed by atoms with Crippen LogP contribution in [0.5, 0.6) is 0 Å². The summed E-state index contributed by atoms with van der Waals surface area (Å²) in [6.07, 6.45) is 1.89. The minimum atomic E-state index is 0.272. The molecule has 0 radical (unpaired) electrons. The van der Waals surface area contributed by atoms with E-state index in [0.717, 1.165) is 11.5 Å². The topological polar surface area (TPSA) is 54.7 Å². The van der Waals surface area contributed by atoms with Crippen molar-refractivity contribution in [1.29, 1.82) is 0 Å². The van der Waals surface area contributed by atoms with Gasteiger partial charge in [-0.2, -0.15) is 0 Å². The zero-order chi connectivity index (χ0) is 12.4. The molecule has 1 unspecified atom stereocenters.